The minimum absolute atomic E-state index is 0.0379. The summed E-state index contributed by atoms with van der Waals surface area (Å²) >= 11 is 0. The molecule has 22 heavy (non-hydrogen) atoms. The van der Waals surface area contributed by atoms with Gasteiger partial charge in [-0.2, -0.15) is 4.31 Å². The third kappa shape index (κ3) is 2.61. The number of rotatable bonds is 2. The minimum atomic E-state index is -3.48. The first-order valence-electron chi connectivity index (χ1n) is 7.81. The second-order valence-corrected chi connectivity index (χ2v) is 9.26. The van der Waals surface area contributed by atoms with Crippen LogP contribution in [0.3, 0.4) is 0 Å². The second-order valence-electron chi connectivity index (χ2n) is 7.32. The summed E-state index contributed by atoms with van der Waals surface area (Å²) in [7, 11) is -3.48. The molecule has 0 amide bonds. The van der Waals surface area contributed by atoms with Crippen LogP contribution in [0, 0.1) is 24.2 Å². The zero-order valence-corrected chi connectivity index (χ0v) is 14.2. The molecular weight excluding hydrogens is 298 g/mol. The van der Waals surface area contributed by atoms with Gasteiger partial charge < -0.3 is 0 Å². The zero-order valence-electron chi connectivity index (χ0n) is 13.4. The number of aryl methyl sites for hydroxylation is 1. The Kier molecular flexibility index (Phi) is 3.68. The molecule has 2 aliphatic rings. The average molecular weight is 321 g/mol. The number of carbonyl (C=O) groups is 1. The average Bonchev–Trinajstić information content (AvgIpc) is 2.44. The molecule has 0 aromatic heterocycles. The van der Waals surface area contributed by atoms with E-state index in [0.717, 1.165) is 12.0 Å². The van der Waals surface area contributed by atoms with Crippen molar-refractivity contribution in [1.29, 1.82) is 0 Å². The number of sulfonamides is 1. The molecule has 1 aliphatic carbocycles. The van der Waals surface area contributed by atoms with Crippen molar-refractivity contribution in [2.75, 3.05) is 13.1 Å². The van der Waals surface area contributed by atoms with E-state index in [1.54, 1.807) is 16.4 Å². The Morgan fingerprint density at radius 1 is 1.23 bits per heavy atom. The first-order chi connectivity index (χ1) is 10.2. The van der Waals surface area contributed by atoms with Gasteiger partial charge in [-0.25, -0.2) is 8.42 Å². The van der Waals surface area contributed by atoms with Crippen molar-refractivity contribution in [3.63, 3.8) is 0 Å². The van der Waals surface area contributed by atoms with E-state index in [-0.39, 0.29) is 23.0 Å². The van der Waals surface area contributed by atoms with Crippen LogP contribution >= 0.6 is 0 Å². The highest BCUT2D eigenvalue weighted by atomic mass is 32.2. The molecule has 2 fully saturated rings. The number of fused-ring (bicyclic) bond motifs is 2. The molecule has 3 atom stereocenters. The van der Waals surface area contributed by atoms with E-state index in [0.29, 0.717) is 24.4 Å². The van der Waals surface area contributed by atoms with Gasteiger partial charge in [-0.3, -0.25) is 4.79 Å². The van der Waals surface area contributed by atoms with Crippen molar-refractivity contribution in [3.8, 4) is 0 Å². The van der Waals surface area contributed by atoms with Crippen molar-refractivity contribution in [2.45, 2.75) is 38.5 Å². The van der Waals surface area contributed by atoms with E-state index in [1.807, 2.05) is 32.9 Å². The summed E-state index contributed by atoms with van der Waals surface area (Å²) in [6.07, 6.45) is 1.43. The number of nitrogens with zero attached hydrogens (tertiary/aromatic N) is 1. The topological polar surface area (TPSA) is 54.5 Å². The fourth-order valence-corrected chi connectivity index (χ4v) is 5.51. The monoisotopic (exact) mass is 321 g/mol. The highest BCUT2D eigenvalue weighted by molar-refractivity contribution is 7.89. The highest BCUT2D eigenvalue weighted by Crippen LogP contribution is 2.45. The molecule has 1 aromatic rings. The molecular formula is C17H23NO3S. The van der Waals surface area contributed by atoms with Crippen LogP contribution in [0.15, 0.2) is 29.2 Å². The summed E-state index contributed by atoms with van der Waals surface area (Å²) in [5.41, 5.74) is 0.824. The van der Waals surface area contributed by atoms with Gasteiger partial charge in [0.1, 0.15) is 5.78 Å². The van der Waals surface area contributed by atoms with E-state index in [2.05, 4.69) is 0 Å². The summed E-state index contributed by atoms with van der Waals surface area (Å²) in [6, 6.07) is 7.00. The maximum atomic E-state index is 12.9. The summed E-state index contributed by atoms with van der Waals surface area (Å²) in [6.45, 7) is 6.82. The number of carbonyl (C=O) groups excluding carboxylic acids is 1. The molecule has 1 saturated carbocycles. The maximum Gasteiger partial charge on any atom is 0.243 e. The van der Waals surface area contributed by atoms with Gasteiger partial charge in [0.05, 0.1) is 4.90 Å². The van der Waals surface area contributed by atoms with Crippen molar-refractivity contribution in [3.05, 3.63) is 29.8 Å². The van der Waals surface area contributed by atoms with Crippen molar-refractivity contribution < 1.29 is 13.2 Å². The largest absolute Gasteiger partial charge is 0.299 e. The van der Waals surface area contributed by atoms with Gasteiger partial charge in [0.2, 0.25) is 10.0 Å². The molecule has 1 heterocycles. The lowest BCUT2D eigenvalue weighted by atomic mass is 9.64. The van der Waals surface area contributed by atoms with Crippen LogP contribution in [0.4, 0.5) is 0 Å². The van der Waals surface area contributed by atoms with Gasteiger partial charge >= 0.3 is 0 Å². The van der Waals surface area contributed by atoms with E-state index < -0.39 is 10.0 Å². The summed E-state index contributed by atoms with van der Waals surface area (Å²) in [5, 5.41) is 0. The molecule has 0 N–H and O–H groups in total. The first kappa shape index (κ1) is 15.7. The molecule has 2 bridgehead atoms. The number of hydrogen-bond donors (Lipinski definition) is 0. The summed E-state index contributed by atoms with van der Waals surface area (Å²) < 4.78 is 27.4. The molecule has 120 valence electrons. The van der Waals surface area contributed by atoms with Gasteiger partial charge in [0.15, 0.2) is 0 Å². The molecule has 1 aromatic carbocycles. The Bertz CT molecular complexity index is 695. The minimum Gasteiger partial charge on any atom is -0.299 e. The van der Waals surface area contributed by atoms with Gasteiger partial charge in [-0.15, -0.1) is 0 Å². The Labute approximate surface area is 132 Å². The van der Waals surface area contributed by atoms with Crippen LogP contribution in [0.25, 0.3) is 0 Å². The van der Waals surface area contributed by atoms with Gasteiger partial charge in [-0.05, 0) is 36.8 Å². The highest BCUT2D eigenvalue weighted by Gasteiger charge is 2.48. The van der Waals surface area contributed by atoms with Crippen LogP contribution in [0.2, 0.25) is 0 Å². The molecule has 1 aliphatic heterocycles. The van der Waals surface area contributed by atoms with E-state index in [4.69, 9.17) is 0 Å². The third-order valence-electron chi connectivity index (χ3n) is 5.23. The van der Waals surface area contributed by atoms with Crippen molar-refractivity contribution in [2.24, 2.45) is 17.3 Å². The molecule has 0 unspecified atom stereocenters. The molecule has 3 rings (SSSR count). The predicted molar refractivity (Wildman–Crippen MR) is 84.9 cm³/mol. The van der Waals surface area contributed by atoms with Crippen LogP contribution in [0.1, 0.15) is 32.3 Å². The van der Waals surface area contributed by atoms with Crippen LogP contribution < -0.4 is 0 Å². The molecule has 1 saturated heterocycles. The molecule has 0 radical (unpaired) electrons. The number of Topliss-reactive ketones (excluding diaryl/α,β-unsaturated/α-hetero) is 1. The molecule has 4 nitrogen and oxygen atoms in total. The SMILES string of the molecule is Cc1ccc(S(=O)(=O)N2C[C@H]3C[C@](C)(CC(=O)[C@H]3C)C2)cc1. The van der Waals surface area contributed by atoms with Gasteiger partial charge in [0, 0.05) is 25.4 Å². The lowest BCUT2D eigenvalue weighted by Crippen LogP contribution is -2.54. The lowest BCUT2D eigenvalue weighted by Gasteiger charge is -2.49. The fourth-order valence-electron chi connectivity index (χ4n) is 3.86. The summed E-state index contributed by atoms with van der Waals surface area (Å²) in [4.78, 5) is 12.5. The van der Waals surface area contributed by atoms with Crippen molar-refractivity contribution in [1.82, 2.24) is 4.31 Å². The third-order valence-corrected chi connectivity index (χ3v) is 7.05. The number of ketones is 1. The molecule has 5 heteroatoms. The normalized spacial score (nSPS) is 33.0. The Balaban J connectivity index is 1.92. The lowest BCUT2D eigenvalue weighted by molar-refractivity contribution is -0.133. The second kappa shape index (κ2) is 5.17. The van der Waals surface area contributed by atoms with Crippen molar-refractivity contribution >= 4 is 15.8 Å². The molecule has 0 spiro atoms. The van der Waals surface area contributed by atoms with E-state index >= 15 is 0 Å². The Hall–Kier alpha value is -1.20. The smallest absolute Gasteiger partial charge is 0.243 e. The predicted octanol–water partition coefficient (Wildman–Crippen LogP) is 2.62. The summed E-state index contributed by atoms with van der Waals surface area (Å²) in [5.74, 6) is 0.385. The standard InChI is InChI=1S/C17H23NO3S/c1-12-4-6-15(7-5-12)22(20,21)18-10-14-8-17(3,11-18)9-16(19)13(14)2/h4-7,13-14H,8-11H2,1-3H3/t13-,14+,17+/m0/s1. The van der Waals surface area contributed by atoms with Crippen LogP contribution in [0.5, 0.6) is 0 Å². The van der Waals surface area contributed by atoms with Gasteiger partial charge in [0.25, 0.3) is 0 Å². The number of benzene rings is 1. The first-order valence-corrected chi connectivity index (χ1v) is 9.25. The van der Waals surface area contributed by atoms with Crippen LogP contribution in [-0.4, -0.2) is 31.6 Å². The quantitative estimate of drug-likeness (QED) is 0.841. The van der Waals surface area contributed by atoms with E-state index in [1.165, 1.54) is 0 Å². The Morgan fingerprint density at radius 3 is 2.50 bits per heavy atom. The Morgan fingerprint density at radius 2 is 1.86 bits per heavy atom. The maximum absolute atomic E-state index is 12.9. The van der Waals surface area contributed by atoms with E-state index in [9.17, 15) is 13.2 Å². The number of hydrogen-bond acceptors (Lipinski definition) is 3. The van der Waals surface area contributed by atoms with Gasteiger partial charge in [-0.1, -0.05) is 31.5 Å². The fraction of sp³-hybridized carbons (Fsp3) is 0.588. The zero-order chi connectivity index (χ0) is 16.1. The number of piperidine rings is 1. The van der Waals surface area contributed by atoms with Crippen LogP contribution in [-0.2, 0) is 14.8 Å².